The van der Waals surface area contributed by atoms with Crippen LogP contribution < -0.4 is 4.90 Å². The van der Waals surface area contributed by atoms with E-state index in [1.165, 1.54) is 6.33 Å². The minimum atomic E-state index is -4.48. The molecular formula is C12H18N5O5P. The second kappa shape index (κ2) is 6.14. The highest BCUT2D eigenvalue weighted by Crippen LogP contribution is 2.38. The Hall–Kier alpha value is -1.58. The van der Waals surface area contributed by atoms with Crippen molar-refractivity contribution in [2.24, 2.45) is 0 Å². The summed E-state index contributed by atoms with van der Waals surface area (Å²) in [6.07, 6.45) is 3.76. The SMILES string of the molecule is CN(C)c1ncnc2c1ncn2[C@H]1CC[C@@H](COP(=O)(O)O)O1. The van der Waals surface area contributed by atoms with Crippen molar-refractivity contribution >= 4 is 24.8 Å². The van der Waals surface area contributed by atoms with Crippen molar-refractivity contribution in [3.63, 3.8) is 0 Å². The summed E-state index contributed by atoms with van der Waals surface area (Å²) in [5, 5.41) is 0. The standard InChI is InChI=1S/C12H18N5O5P/c1-16(2)11-10-12(14-6-13-11)17(7-15-10)9-4-3-8(22-9)5-21-23(18,19)20/h6-9H,3-5H2,1-2H3,(H2,18,19,20)/t8-,9+/m0/s1. The highest BCUT2D eigenvalue weighted by molar-refractivity contribution is 7.46. The maximum absolute atomic E-state index is 10.8. The first kappa shape index (κ1) is 16.3. The molecule has 1 saturated heterocycles. The summed E-state index contributed by atoms with van der Waals surface area (Å²) in [6, 6.07) is 0. The minimum absolute atomic E-state index is 0.147. The lowest BCUT2D eigenvalue weighted by atomic mass is 10.2. The molecule has 1 aliphatic rings. The Bertz CT molecular complexity index is 745. The molecule has 1 fully saturated rings. The number of nitrogens with zero attached hydrogens (tertiary/aromatic N) is 5. The van der Waals surface area contributed by atoms with Crippen LogP contribution in [0.2, 0.25) is 0 Å². The maximum atomic E-state index is 10.8. The smallest absolute Gasteiger partial charge is 0.361 e. The van der Waals surface area contributed by atoms with Crippen LogP contribution in [0.3, 0.4) is 0 Å². The van der Waals surface area contributed by atoms with Crippen molar-refractivity contribution in [2.45, 2.75) is 25.2 Å². The molecule has 0 bridgehead atoms. The molecule has 0 aromatic carbocycles. The molecule has 2 N–H and O–H groups in total. The van der Waals surface area contributed by atoms with Crippen LogP contribution >= 0.6 is 7.82 Å². The van der Waals surface area contributed by atoms with Gasteiger partial charge in [-0.15, -0.1) is 0 Å². The summed E-state index contributed by atoms with van der Waals surface area (Å²) in [5.41, 5.74) is 1.33. The third-order valence-corrected chi connectivity index (χ3v) is 4.07. The summed E-state index contributed by atoms with van der Waals surface area (Å²) in [7, 11) is -0.725. The zero-order valence-electron chi connectivity index (χ0n) is 12.7. The number of aromatic nitrogens is 4. The van der Waals surface area contributed by atoms with Crippen LogP contribution in [0.5, 0.6) is 0 Å². The first-order chi connectivity index (χ1) is 10.8. The monoisotopic (exact) mass is 343 g/mol. The molecule has 2 atom stereocenters. The Labute approximate surface area is 132 Å². The van der Waals surface area contributed by atoms with E-state index in [4.69, 9.17) is 14.5 Å². The van der Waals surface area contributed by atoms with Gasteiger partial charge in [0.15, 0.2) is 17.0 Å². The zero-order valence-corrected chi connectivity index (χ0v) is 13.6. The van der Waals surface area contributed by atoms with Crippen molar-refractivity contribution in [1.82, 2.24) is 19.5 Å². The third-order valence-electron chi connectivity index (χ3n) is 3.59. The number of hydrogen-bond acceptors (Lipinski definition) is 7. The van der Waals surface area contributed by atoms with Gasteiger partial charge in [0.05, 0.1) is 19.0 Å². The number of rotatable bonds is 5. The van der Waals surface area contributed by atoms with E-state index in [0.29, 0.717) is 29.8 Å². The predicted molar refractivity (Wildman–Crippen MR) is 80.8 cm³/mol. The van der Waals surface area contributed by atoms with E-state index in [1.54, 1.807) is 6.33 Å². The van der Waals surface area contributed by atoms with Gasteiger partial charge in [0.1, 0.15) is 12.6 Å². The van der Waals surface area contributed by atoms with E-state index in [9.17, 15) is 4.57 Å². The molecule has 23 heavy (non-hydrogen) atoms. The number of hydrogen-bond donors (Lipinski definition) is 2. The molecule has 2 aromatic heterocycles. The lowest BCUT2D eigenvalue weighted by molar-refractivity contribution is -0.0205. The Balaban J connectivity index is 1.77. The molecule has 0 radical (unpaired) electrons. The van der Waals surface area contributed by atoms with Crippen LogP contribution in [0.15, 0.2) is 12.7 Å². The van der Waals surface area contributed by atoms with Gasteiger partial charge in [-0.25, -0.2) is 19.5 Å². The molecule has 3 rings (SSSR count). The minimum Gasteiger partial charge on any atom is -0.361 e. The van der Waals surface area contributed by atoms with Crippen molar-refractivity contribution in [3.05, 3.63) is 12.7 Å². The van der Waals surface area contributed by atoms with Gasteiger partial charge < -0.3 is 19.4 Å². The van der Waals surface area contributed by atoms with Crippen molar-refractivity contribution < 1.29 is 23.6 Å². The molecule has 1 aliphatic heterocycles. The fourth-order valence-electron chi connectivity index (χ4n) is 2.57. The Kier molecular flexibility index (Phi) is 4.35. The van der Waals surface area contributed by atoms with E-state index in [1.807, 2.05) is 23.6 Å². The van der Waals surface area contributed by atoms with Gasteiger partial charge in [0, 0.05) is 14.1 Å². The lowest BCUT2D eigenvalue weighted by Crippen LogP contribution is -2.16. The number of ether oxygens (including phenoxy) is 1. The second-order valence-electron chi connectivity index (χ2n) is 5.49. The molecule has 0 amide bonds. The first-order valence-electron chi connectivity index (χ1n) is 7.05. The molecule has 0 saturated carbocycles. The molecule has 0 unspecified atom stereocenters. The van der Waals surface area contributed by atoms with Crippen LogP contribution in [-0.4, -0.2) is 56.1 Å². The molecule has 2 aromatic rings. The normalized spacial score (nSPS) is 21.9. The van der Waals surface area contributed by atoms with E-state index < -0.39 is 7.82 Å². The summed E-state index contributed by atoms with van der Waals surface area (Å²) >= 11 is 0. The first-order valence-corrected chi connectivity index (χ1v) is 8.58. The van der Waals surface area contributed by atoms with E-state index in [2.05, 4.69) is 19.5 Å². The van der Waals surface area contributed by atoms with Gasteiger partial charge in [-0.05, 0) is 12.8 Å². The fraction of sp³-hybridized carbons (Fsp3) is 0.583. The second-order valence-corrected chi connectivity index (χ2v) is 6.73. The topological polar surface area (TPSA) is 123 Å². The Morgan fingerprint density at radius 3 is 2.87 bits per heavy atom. The van der Waals surface area contributed by atoms with Crippen LogP contribution in [0.25, 0.3) is 11.2 Å². The number of imidazole rings is 1. The average Bonchev–Trinajstić information content (AvgIpc) is 3.10. The van der Waals surface area contributed by atoms with E-state index in [-0.39, 0.29) is 18.9 Å². The molecular weight excluding hydrogens is 325 g/mol. The van der Waals surface area contributed by atoms with Crippen molar-refractivity contribution in [3.8, 4) is 0 Å². The summed E-state index contributed by atoms with van der Waals surface area (Å²) < 4.78 is 22.9. The molecule has 0 aliphatic carbocycles. The largest absolute Gasteiger partial charge is 0.469 e. The van der Waals surface area contributed by atoms with Gasteiger partial charge in [-0.2, -0.15) is 0 Å². The Morgan fingerprint density at radius 1 is 1.39 bits per heavy atom. The molecule has 3 heterocycles. The number of fused-ring (bicyclic) bond motifs is 1. The van der Waals surface area contributed by atoms with Gasteiger partial charge in [0.25, 0.3) is 0 Å². The third kappa shape index (κ3) is 3.51. The van der Waals surface area contributed by atoms with Crippen LogP contribution in [-0.2, 0) is 13.8 Å². The van der Waals surface area contributed by atoms with Crippen molar-refractivity contribution in [2.75, 3.05) is 25.6 Å². The van der Waals surface area contributed by atoms with Gasteiger partial charge in [-0.1, -0.05) is 0 Å². The van der Waals surface area contributed by atoms with Gasteiger partial charge >= 0.3 is 7.82 Å². The van der Waals surface area contributed by atoms with Crippen LogP contribution in [0, 0.1) is 0 Å². The van der Waals surface area contributed by atoms with Crippen molar-refractivity contribution in [1.29, 1.82) is 0 Å². The molecule has 126 valence electrons. The fourth-order valence-corrected chi connectivity index (χ4v) is 2.93. The summed E-state index contributed by atoms with van der Waals surface area (Å²) in [5.74, 6) is 0.716. The predicted octanol–water partition coefficient (Wildman–Crippen LogP) is 0.679. The van der Waals surface area contributed by atoms with Gasteiger partial charge in [-0.3, -0.25) is 9.09 Å². The molecule has 10 nitrogen and oxygen atoms in total. The lowest BCUT2D eigenvalue weighted by Gasteiger charge is -2.16. The highest BCUT2D eigenvalue weighted by Gasteiger charge is 2.30. The molecule has 11 heteroatoms. The average molecular weight is 343 g/mol. The van der Waals surface area contributed by atoms with E-state index in [0.717, 1.165) is 0 Å². The van der Waals surface area contributed by atoms with E-state index >= 15 is 0 Å². The van der Waals surface area contributed by atoms with Gasteiger partial charge in [0.2, 0.25) is 0 Å². The zero-order chi connectivity index (χ0) is 16.6. The summed E-state index contributed by atoms with van der Waals surface area (Å²) in [6.45, 7) is -0.147. The highest BCUT2D eigenvalue weighted by atomic mass is 31.2. The quantitative estimate of drug-likeness (QED) is 0.754. The summed E-state index contributed by atoms with van der Waals surface area (Å²) in [4.78, 5) is 32.2. The number of phosphoric acid groups is 1. The van der Waals surface area contributed by atoms with Crippen LogP contribution in [0.1, 0.15) is 19.1 Å². The number of phosphoric ester groups is 1. The molecule has 0 spiro atoms. The van der Waals surface area contributed by atoms with Crippen LogP contribution in [0.4, 0.5) is 5.82 Å². The maximum Gasteiger partial charge on any atom is 0.469 e. The Morgan fingerprint density at radius 2 is 2.17 bits per heavy atom. The number of anilines is 1.